The van der Waals surface area contributed by atoms with Gasteiger partial charge in [-0.3, -0.25) is 0 Å². The number of guanidine groups is 1. The number of aliphatic imine (C=N–C) groups is 1. The molecule has 2 saturated heterocycles. The van der Waals surface area contributed by atoms with Crippen LogP contribution in [0.15, 0.2) is 23.3 Å². The molecule has 0 aromatic carbocycles. The zero-order chi connectivity index (χ0) is 19.6. The minimum atomic E-state index is 0. The van der Waals surface area contributed by atoms with Crippen LogP contribution in [0.1, 0.15) is 31.7 Å². The lowest BCUT2D eigenvalue weighted by molar-refractivity contribution is 0.232. The second-order valence-corrected chi connectivity index (χ2v) is 7.84. The number of piperidine rings is 1. The molecule has 1 aromatic heterocycles. The minimum absolute atomic E-state index is 0. The predicted octanol–water partition coefficient (Wildman–Crippen LogP) is 1.99. The third-order valence-electron chi connectivity index (χ3n) is 5.57. The zero-order valence-electron chi connectivity index (χ0n) is 18.1. The van der Waals surface area contributed by atoms with Crippen molar-refractivity contribution in [3.8, 4) is 0 Å². The zero-order valence-corrected chi connectivity index (χ0v) is 20.4. The monoisotopic (exact) mass is 515 g/mol. The molecule has 3 rings (SSSR count). The Balaban J connectivity index is 0.00000300. The summed E-state index contributed by atoms with van der Waals surface area (Å²) in [5.41, 5.74) is 1.14. The molecule has 0 unspecified atom stereocenters. The van der Waals surface area contributed by atoms with Crippen LogP contribution >= 0.6 is 24.0 Å². The number of piperazine rings is 1. The molecule has 0 aliphatic carbocycles. The Kier molecular flexibility index (Phi) is 11.0. The highest BCUT2D eigenvalue weighted by Crippen LogP contribution is 2.14. The summed E-state index contributed by atoms with van der Waals surface area (Å²) in [6.45, 7) is 12.4. The highest BCUT2D eigenvalue weighted by molar-refractivity contribution is 14.0. The Morgan fingerprint density at radius 2 is 1.79 bits per heavy atom. The molecule has 0 atom stereocenters. The molecule has 8 heteroatoms. The van der Waals surface area contributed by atoms with Crippen LogP contribution < -0.4 is 15.5 Å². The molecule has 3 heterocycles. The van der Waals surface area contributed by atoms with Crippen molar-refractivity contribution >= 4 is 35.8 Å². The molecule has 29 heavy (non-hydrogen) atoms. The SMILES string of the molecule is CCNC(=NCc1ccc(N2CCN(C)CC2)nc1)NCCN1CCCCC1.I. The van der Waals surface area contributed by atoms with E-state index in [4.69, 9.17) is 4.99 Å². The number of hydrogen-bond donors (Lipinski definition) is 2. The summed E-state index contributed by atoms with van der Waals surface area (Å²) < 4.78 is 0. The maximum atomic E-state index is 4.73. The highest BCUT2D eigenvalue weighted by Gasteiger charge is 2.15. The maximum Gasteiger partial charge on any atom is 0.191 e. The number of nitrogens with zero attached hydrogens (tertiary/aromatic N) is 5. The topological polar surface area (TPSA) is 59.0 Å². The van der Waals surface area contributed by atoms with Gasteiger partial charge in [0, 0.05) is 52.0 Å². The van der Waals surface area contributed by atoms with Crippen LogP contribution in [0, 0.1) is 0 Å². The number of hydrogen-bond acceptors (Lipinski definition) is 5. The van der Waals surface area contributed by atoms with Gasteiger partial charge in [0.05, 0.1) is 6.54 Å². The molecular formula is C21H38IN7. The molecule has 1 aromatic rings. The van der Waals surface area contributed by atoms with E-state index in [0.717, 1.165) is 63.2 Å². The molecule has 0 radical (unpaired) electrons. The van der Waals surface area contributed by atoms with Crippen molar-refractivity contribution in [2.75, 3.05) is 70.9 Å². The van der Waals surface area contributed by atoms with E-state index in [0.29, 0.717) is 6.54 Å². The van der Waals surface area contributed by atoms with Gasteiger partial charge < -0.3 is 25.3 Å². The van der Waals surface area contributed by atoms with Crippen LogP contribution in [-0.4, -0.2) is 86.7 Å². The first-order chi connectivity index (χ1) is 13.7. The van der Waals surface area contributed by atoms with Crippen molar-refractivity contribution in [2.24, 2.45) is 4.99 Å². The summed E-state index contributed by atoms with van der Waals surface area (Å²) in [7, 11) is 2.17. The quantitative estimate of drug-likeness (QED) is 0.329. The fraction of sp³-hybridized carbons (Fsp3) is 0.714. The Labute approximate surface area is 193 Å². The average Bonchev–Trinajstić information content (AvgIpc) is 2.74. The van der Waals surface area contributed by atoms with Crippen molar-refractivity contribution in [1.82, 2.24) is 25.4 Å². The van der Waals surface area contributed by atoms with Crippen molar-refractivity contribution in [3.63, 3.8) is 0 Å². The number of aromatic nitrogens is 1. The van der Waals surface area contributed by atoms with Gasteiger partial charge in [-0.05, 0) is 51.5 Å². The third-order valence-corrected chi connectivity index (χ3v) is 5.57. The normalized spacial score (nSPS) is 19.0. The average molecular weight is 515 g/mol. The van der Waals surface area contributed by atoms with E-state index >= 15 is 0 Å². The van der Waals surface area contributed by atoms with Crippen LogP contribution in [0.25, 0.3) is 0 Å². The van der Waals surface area contributed by atoms with Crippen molar-refractivity contribution in [3.05, 3.63) is 23.9 Å². The summed E-state index contributed by atoms with van der Waals surface area (Å²) in [5, 5.41) is 6.81. The van der Waals surface area contributed by atoms with E-state index in [2.05, 4.69) is 56.4 Å². The number of rotatable bonds is 7. The van der Waals surface area contributed by atoms with E-state index in [1.54, 1.807) is 0 Å². The molecule has 2 aliphatic heterocycles. The number of pyridine rings is 1. The summed E-state index contributed by atoms with van der Waals surface area (Å²) in [6, 6.07) is 4.29. The Morgan fingerprint density at radius 3 is 2.45 bits per heavy atom. The lowest BCUT2D eigenvalue weighted by Crippen LogP contribution is -2.44. The third kappa shape index (κ3) is 8.25. The molecule has 0 bridgehead atoms. The second-order valence-electron chi connectivity index (χ2n) is 7.84. The summed E-state index contributed by atoms with van der Waals surface area (Å²) in [6.07, 6.45) is 6.03. The molecule has 2 fully saturated rings. The van der Waals surface area contributed by atoms with E-state index < -0.39 is 0 Å². The van der Waals surface area contributed by atoms with Crippen LogP contribution in [0.4, 0.5) is 5.82 Å². The number of halogens is 1. The molecule has 0 saturated carbocycles. The summed E-state index contributed by atoms with van der Waals surface area (Å²) >= 11 is 0. The highest BCUT2D eigenvalue weighted by atomic mass is 127. The van der Waals surface area contributed by atoms with Crippen LogP contribution in [0.2, 0.25) is 0 Å². The predicted molar refractivity (Wildman–Crippen MR) is 132 cm³/mol. The van der Waals surface area contributed by atoms with Crippen molar-refractivity contribution in [2.45, 2.75) is 32.7 Å². The number of likely N-dealkylation sites (N-methyl/N-ethyl adjacent to an activating group) is 1. The smallest absolute Gasteiger partial charge is 0.191 e. The van der Waals surface area contributed by atoms with E-state index in [1.165, 1.54) is 32.4 Å². The Hall–Kier alpha value is -1.13. The number of likely N-dealkylation sites (tertiary alicyclic amines) is 1. The standard InChI is InChI=1S/C21H37N7.HI/c1-3-22-21(23-9-12-27-10-5-4-6-11-27)25-18-19-7-8-20(24-17-19)28-15-13-26(2)14-16-28;/h7-8,17H,3-6,9-16,18H2,1-2H3,(H2,22,23,25);1H. The lowest BCUT2D eigenvalue weighted by atomic mass is 10.1. The Morgan fingerprint density at radius 1 is 1.03 bits per heavy atom. The molecule has 164 valence electrons. The maximum absolute atomic E-state index is 4.73. The van der Waals surface area contributed by atoms with Gasteiger partial charge in [-0.1, -0.05) is 12.5 Å². The molecule has 7 nitrogen and oxygen atoms in total. The molecule has 0 spiro atoms. The van der Waals surface area contributed by atoms with E-state index in [9.17, 15) is 0 Å². The minimum Gasteiger partial charge on any atom is -0.357 e. The van der Waals surface area contributed by atoms with Crippen molar-refractivity contribution in [1.29, 1.82) is 0 Å². The van der Waals surface area contributed by atoms with Crippen molar-refractivity contribution < 1.29 is 0 Å². The van der Waals surface area contributed by atoms with Gasteiger partial charge in [0.15, 0.2) is 5.96 Å². The van der Waals surface area contributed by atoms with Gasteiger partial charge in [0.25, 0.3) is 0 Å². The lowest BCUT2D eigenvalue weighted by Gasteiger charge is -2.33. The van der Waals surface area contributed by atoms with Gasteiger partial charge in [0.1, 0.15) is 5.82 Å². The summed E-state index contributed by atoms with van der Waals surface area (Å²) in [5.74, 6) is 1.97. The molecule has 0 amide bonds. The number of anilines is 1. The second kappa shape index (κ2) is 13.2. The first-order valence-electron chi connectivity index (χ1n) is 10.9. The first-order valence-corrected chi connectivity index (χ1v) is 10.9. The van der Waals surface area contributed by atoms with Gasteiger partial charge in [0.2, 0.25) is 0 Å². The van der Waals surface area contributed by atoms with Gasteiger partial charge >= 0.3 is 0 Å². The van der Waals surface area contributed by atoms with Crippen LogP contribution in [0.5, 0.6) is 0 Å². The van der Waals surface area contributed by atoms with E-state index in [1.807, 2.05) is 6.20 Å². The van der Waals surface area contributed by atoms with Gasteiger partial charge in [-0.25, -0.2) is 9.98 Å². The largest absolute Gasteiger partial charge is 0.357 e. The van der Waals surface area contributed by atoms with E-state index in [-0.39, 0.29) is 24.0 Å². The van der Waals surface area contributed by atoms with Gasteiger partial charge in [-0.2, -0.15) is 0 Å². The summed E-state index contributed by atoms with van der Waals surface area (Å²) in [4.78, 5) is 16.7. The Bertz CT molecular complexity index is 594. The first kappa shape index (κ1) is 24.1. The van der Waals surface area contributed by atoms with Crippen LogP contribution in [0.3, 0.4) is 0 Å². The molecule has 2 aliphatic rings. The molecular weight excluding hydrogens is 477 g/mol. The van der Waals surface area contributed by atoms with Gasteiger partial charge in [-0.15, -0.1) is 24.0 Å². The fourth-order valence-electron chi connectivity index (χ4n) is 3.76. The molecule has 2 N–H and O–H groups in total. The fourth-order valence-corrected chi connectivity index (χ4v) is 3.76. The number of nitrogens with one attached hydrogen (secondary N) is 2. The van der Waals surface area contributed by atoms with Crippen LogP contribution in [-0.2, 0) is 6.54 Å².